The van der Waals surface area contributed by atoms with Crippen molar-refractivity contribution >= 4 is 22.6 Å². The van der Waals surface area contributed by atoms with E-state index in [1.165, 1.54) is 4.90 Å². The predicted molar refractivity (Wildman–Crippen MR) is 116 cm³/mol. The van der Waals surface area contributed by atoms with Crippen molar-refractivity contribution in [2.24, 2.45) is 0 Å². The number of para-hydroxylation sites is 1. The third kappa shape index (κ3) is 4.67. The highest BCUT2D eigenvalue weighted by molar-refractivity contribution is 5.95. The van der Waals surface area contributed by atoms with Crippen molar-refractivity contribution in [3.63, 3.8) is 0 Å². The lowest BCUT2D eigenvalue weighted by molar-refractivity contribution is -0.143. The lowest BCUT2D eigenvalue weighted by Gasteiger charge is -2.36. The Balaban J connectivity index is 1.56. The maximum absolute atomic E-state index is 13.1. The van der Waals surface area contributed by atoms with E-state index in [4.69, 9.17) is 4.98 Å². The molecule has 1 aliphatic rings. The number of rotatable bonds is 2. The number of nitrogens with zero attached hydrogens (tertiary/aromatic N) is 3. The molecule has 0 atom stereocenters. The van der Waals surface area contributed by atoms with E-state index in [-0.39, 0.29) is 19.2 Å². The van der Waals surface area contributed by atoms with Crippen molar-refractivity contribution in [1.29, 1.82) is 0 Å². The van der Waals surface area contributed by atoms with Gasteiger partial charge in [-0.15, -0.1) is 0 Å². The van der Waals surface area contributed by atoms with E-state index in [0.717, 1.165) is 22.0 Å². The number of amides is 1. The molecule has 34 heavy (non-hydrogen) atoms. The second-order valence-electron chi connectivity index (χ2n) is 8.34. The molecule has 180 valence electrons. The maximum Gasteiger partial charge on any atom is 0.416 e. The van der Waals surface area contributed by atoms with Gasteiger partial charge in [0.1, 0.15) is 5.82 Å². The first kappa shape index (κ1) is 23.8. The fraction of sp³-hybridized carbons (Fsp3) is 0.333. The molecule has 0 unspecified atom stereocenters. The largest absolute Gasteiger partial charge is 0.416 e. The average Bonchev–Trinajstić information content (AvgIpc) is 2.78. The molecule has 2 heterocycles. The zero-order valence-corrected chi connectivity index (χ0v) is 18.4. The SMILES string of the molecule is Cc1cc(N2CCN(C(=O)c3cc(C(F)(F)F)cc(C(F)(F)F)c3)CC2)nc2c(C)cccc12. The Kier molecular flexibility index (Phi) is 5.95. The smallest absolute Gasteiger partial charge is 0.353 e. The summed E-state index contributed by atoms with van der Waals surface area (Å²) >= 11 is 0. The molecular formula is C24H21F6N3O. The molecule has 1 saturated heterocycles. The van der Waals surface area contributed by atoms with Crippen LogP contribution in [-0.2, 0) is 12.4 Å². The predicted octanol–water partition coefficient (Wildman–Crippen LogP) is 5.85. The van der Waals surface area contributed by atoms with Crippen molar-refractivity contribution in [2.45, 2.75) is 26.2 Å². The Labute approximate surface area is 191 Å². The van der Waals surface area contributed by atoms with Crippen LogP contribution in [0.4, 0.5) is 32.2 Å². The lowest BCUT2D eigenvalue weighted by Crippen LogP contribution is -2.49. The Morgan fingerprint density at radius 2 is 1.41 bits per heavy atom. The van der Waals surface area contributed by atoms with E-state index in [0.29, 0.717) is 31.0 Å². The number of pyridine rings is 1. The number of fused-ring (bicyclic) bond motifs is 1. The molecule has 0 radical (unpaired) electrons. The van der Waals surface area contributed by atoms with Gasteiger partial charge in [0, 0.05) is 37.1 Å². The van der Waals surface area contributed by atoms with E-state index in [1.54, 1.807) is 0 Å². The molecule has 3 aromatic rings. The Bertz CT molecular complexity index is 1210. The number of benzene rings is 2. The standard InChI is InChI=1S/C24H21F6N3O/c1-14-4-3-5-19-15(2)10-20(31-21(14)19)32-6-8-33(9-7-32)22(34)16-11-17(23(25,26)27)13-18(12-16)24(28,29)30/h3-5,10-13H,6-9H2,1-2H3. The summed E-state index contributed by atoms with van der Waals surface area (Å²) in [7, 11) is 0. The summed E-state index contributed by atoms with van der Waals surface area (Å²) in [6.07, 6.45) is -10.0. The van der Waals surface area contributed by atoms with Crippen molar-refractivity contribution in [3.05, 3.63) is 70.3 Å². The molecule has 0 N–H and O–H groups in total. The zero-order valence-electron chi connectivity index (χ0n) is 18.4. The van der Waals surface area contributed by atoms with E-state index < -0.39 is 35.0 Å². The van der Waals surface area contributed by atoms with Crippen LogP contribution in [0.3, 0.4) is 0 Å². The third-order valence-electron chi connectivity index (χ3n) is 5.96. The summed E-state index contributed by atoms with van der Waals surface area (Å²) < 4.78 is 78.9. The summed E-state index contributed by atoms with van der Waals surface area (Å²) in [6.45, 7) is 4.91. The highest BCUT2D eigenvalue weighted by Crippen LogP contribution is 2.36. The van der Waals surface area contributed by atoms with Gasteiger partial charge in [-0.2, -0.15) is 26.3 Å². The minimum atomic E-state index is -5.01. The van der Waals surface area contributed by atoms with Crippen LogP contribution in [0.15, 0.2) is 42.5 Å². The highest BCUT2D eigenvalue weighted by atomic mass is 19.4. The molecule has 4 rings (SSSR count). The van der Waals surface area contributed by atoms with Gasteiger partial charge in [-0.3, -0.25) is 4.79 Å². The Hall–Kier alpha value is -3.30. The van der Waals surface area contributed by atoms with E-state index in [9.17, 15) is 31.1 Å². The molecule has 0 aliphatic carbocycles. The minimum absolute atomic E-state index is 0.0183. The van der Waals surface area contributed by atoms with E-state index in [1.807, 2.05) is 43.0 Å². The molecule has 0 spiro atoms. The van der Waals surface area contributed by atoms with Crippen molar-refractivity contribution < 1.29 is 31.1 Å². The van der Waals surface area contributed by atoms with Gasteiger partial charge >= 0.3 is 12.4 Å². The molecule has 1 aliphatic heterocycles. The first-order valence-electron chi connectivity index (χ1n) is 10.6. The molecule has 1 amide bonds. The molecular weight excluding hydrogens is 460 g/mol. The summed E-state index contributed by atoms with van der Waals surface area (Å²) in [4.78, 5) is 20.8. The molecule has 2 aromatic carbocycles. The van der Waals surface area contributed by atoms with Crippen LogP contribution in [0.1, 0.15) is 32.6 Å². The number of piperazine rings is 1. The number of anilines is 1. The highest BCUT2D eigenvalue weighted by Gasteiger charge is 2.38. The normalized spacial score (nSPS) is 15.2. The minimum Gasteiger partial charge on any atom is -0.353 e. The topological polar surface area (TPSA) is 36.4 Å². The van der Waals surface area contributed by atoms with Crippen LogP contribution < -0.4 is 4.90 Å². The lowest BCUT2D eigenvalue weighted by atomic mass is 10.0. The van der Waals surface area contributed by atoms with E-state index >= 15 is 0 Å². The average molecular weight is 481 g/mol. The quantitative estimate of drug-likeness (QED) is 0.431. The van der Waals surface area contributed by atoms with Crippen LogP contribution in [0.5, 0.6) is 0 Å². The van der Waals surface area contributed by atoms with Crippen LogP contribution in [-0.4, -0.2) is 42.0 Å². The second-order valence-corrected chi connectivity index (χ2v) is 8.34. The van der Waals surface area contributed by atoms with Gasteiger partial charge in [0.15, 0.2) is 0 Å². The van der Waals surface area contributed by atoms with Gasteiger partial charge in [-0.05, 0) is 49.2 Å². The monoisotopic (exact) mass is 481 g/mol. The maximum atomic E-state index is 13.1. The summed E-state index contributed by atoms with van der Waals surface area (Å²) in [6, 6.07) is 8.79. The van der Waals surface area contributed by atoms with E-state index in [2.05, 4.69) is 0 Å². The first-order valence-corrected chi connectivity index (χ1v) is 10.6. The van der Waals surface area contributed by atoms with Gasteiger partial charge in [0.25, 0.3) is 5.91 Å². The van der Waals surface area contributed by atoms with Gasteiger partial charge < -0.3 is 9.80 Å². The molecule has 1 fully saturated rings. The molecule has 1 aromatic heterocycles. The summed E-state index contributed by atoms with van der Waals surface area (Å²) in [5.41, 5.74) is -0.733. The first-order chi connectivity index (χ1) is 15.8. The number of carbonyl (C=O) groups excluding carboxylic acids is 1. The number of hydrogen-bond acceptors (Lipinski definition) is 3. The Morgan fingerprint density at radius 3 is 1.97 bits per heavy atom. The molecule has 4 nitrogen and oxygen atoms in total. The number of aryl methyl sites for hydroxylation is 2. The number of alkyl halides is 6. The number of hydrogen-bond donors (Lipinski definition) is 0. The van der Waals surface area contributed by atoms with Gasteiger partial charge in [-0.25, -0.2) is 4.98 Å². The molecule has 0 bridgehead atoms. The fourth-order valence-corrected chi connectivity index (χ4v) is 4.11. The van der Waals surface area contributed by atoms with Crippen LogP contribution in [0, 0.1) is 13.8 Å². The van der Waals surface area contributed by atoms with Crippen molar-refractivity contribution in [2.75, 3.05) is 31.1 Å². The summed E-state index contributed by atoms with van der Waals surface area (Å²) in [5, 5.41) is 1.03. The molecule has 10 heteroatoms. The summed E-state index contributed by atoms with van der Waals surface area (Å²) in [5.74, 6) is -0.153. The Morgan fingerprint density at radius 1 is 0.824 bits per heavy atom. The number of halogens is 6. The third-order valence-corrected chi connectivity index (χ3v) is 5.96. The van der Waals surface area contributed by atoms with Crippen molar-refractivity contribution in [3.8, 4) is 0 Å². The van der Waals surface area contributed by atoms with Crippen LogP contribution >= 0.6 is 0 Å². The number of aromatic nitrogens is 1. The molecule has 0 saturated carbocycles. The van der Waals surface area contributed by atoms with Gasteiger partial charge in [-0.1, -0.05) is 18.2 Å². The van der Waals surface area contributed by atoms with Gasteiger partial charge in [0.2, 0.25) is 0 Å². The van der Waals surface area contributed by atoms with Crippen molar-refractivity contribution in [1.82, 2.24) is 9.88 Å². The van der Waals surface area contributed by atoms with Crippen LogP contribution in [0.25, 0.3) is 10.9 Å². The van der Waals surface area contributed by atoms with Crippen LogP contribution in [0.2, 0.25) is 0 Å². The number of carbonyl (C=O) groups is 1. The van der Waals surface area contributed by atoms with Gasteiger partial charge in [0.05, 0.1) is 16.6 Å². The zero-order chi connectivity index (χ0) is 24.8. The second kappa shape index (κ2) is 8.48. The fourth-order valence-electron chi connectivity index (χ4n) is 4.11.